The van der Waals surface area contributed by atoms with Gasteiger partial charge in [0, 0.05) is 0 Å². The molecule has 0 aliphatic heterocycles. The molecule has 5 nitrogen and oxygen atoms in total. The number of hydrogen-bond donors (Lipinski definition) is 3. The van der Waals surface area contributed by atoms with Crippen molar-refractivity contribution in [3.63, 3.8) is 0 Å². The number of rotatable bonds is 1. The molecule has 0 saturated heterocycles. The Bertz CT molecular complexity index is 18.9. The smallest absolute Gasteiger partial charge is 0.00681 e. The third-order valence-electron chi connectivity index (χ3n) is 0.0816. The van der Waals surface area contributed by atoms with Crippen LogP contribution in [-0.2, 0) is 0 Å². The van der Waals surface area contributed by atoms with Crippen molar-refractivity contribution in [1.29, 1.82) is 0 Å². The molecule has 0 aromatic carbocycles. The fraction of sp³-hybridized carbons (Fsp3) is 0. The van der Waals surface area contributed by atoms with Gasteiger partial charge in [-0.05, 0) is 5.34 Å². The molecule has 0 spiro atoms. The highest BCUT2D eigenvalue weighted by molar-refractivity contribution is 4.11. The molecule has 0 heterocycles. The summed E-state index contributed by atoms with van der Waals surface area (Å²) < 4.78 is 0. The van der Waals surface area contributed by atoms with Gasteiger partial charge in [0.15, 0.2) is 0 Å². The predicted octanol–water partition coefficient (Wildman–Crippen LogP) is -0.931. The summed E-state index contributed by atoms with van der Waals surface area (Å²) in [5, 5.41) is 22.8. The summed E-state index contributed by atoms with van der Waals surface area (Å²) in [6.45, 7) is 0. The minimum Gasteiger partial charge on any atom is -0.771 e. The molecular formula is H3N2O3-. The maximum Gasteiger partial charge on any atom is -0.00681 e. The molecule has 0 fully saturated rings. The fourth-order valence-electron chi connectivity index (χ4n) is 0. The minimum atomic E-state index is -0.681. The van der Waals surface area contributed by atoms with Crippen LogP contribution in [0.25, 0.3) is 0 Å². The Hall–Kier alpha value is -0.200. The topological polar surface area (TPSA) is 78.8 Å². The summed E-state index contributed by atoms with van der Waals surface area (Å²) in [7, 11) is 0. The van der Waals surface area contributed by atoms with Gasteiger partial charge in [-0.25, -0.2) is 0 Å². The van der Waals surface area contributed by atoms with Crippen LogP contribution in [0.3, 0.4) is 0 Å². The maximum absolute atomic E-state index is 8.81. The third kappa shape index (κ3) is 3.80. The van der Waals surface area contributed by atoms with Gasteiger partial charge in [0.25, 0.3) is 0 Å². The van der Waals surface area contributed by atoms with Crippen LogP contribution in [0.15, 0.2) is 0 Å². The van der Waals surface area contributed by atoms with Gasteiger partial charge < -0.3 is 5.21 Å². The Morgan fingerprint density at radius 2 is 1.80 bits per heavy atom. The van der Waals surface area contributed by atoms with Crippen LogP contribution in [0.1, 0.15) is 0 Å². The Balaban J connectivity index is 2.54. The summed E-state index contributed by atoms with van der Waals surface area (Å²) in [5.74, 6) is 0. The summed E-state index contributed by atoms with van der Waals surface area (Å²) in [6, 6.07) is 0. The Morgan fingerprint density at radius 1 is 1.60 bits per heavy atom. The molecule has 0 aliphatic rings. The molecule has 0 radical (unpaired) electrons. The second kappa shape index (κ2) is 2.06. The molecule has 0 aromatic rings. The lowest BCUT2D eigenvalue weighted by molar-refractivity contribution is -0.333. The van der Waals surface area contributed by atoms with Crippen LogP contribution in [0.5, 0.6) is 0 Å². The standard InChI is InChI=1S/H3N2O3/c3-1-2(4)5/h1,4-5H/q-1. The van der Waals surface area contributed by atoms with Gasteiger partial charge >= 0.3 is 0 Å². The first-order valence-electron chi connectivity index (χ1n) is 0.828. The van der Waals surface area contributed by atoms with Gasteiger partial charge in [0.05, 0.1) is 0 Å². The lowest BCUT2D eigenvalue weighted by atomic mass is 12.6. The van der Waals surface area contributed by atoms with E-state index in [1.165, 1.54) is 0 Å². The monoisotopic (exact) mass is 79.0 g/mol. The zero-order valence-electron chi connectivity index (χ0n) is 2.25. The number of hydrazine groups is 1. The van der Waals surface area contributed by atoms with Crippen molar-refractivity contribution < 1.29 is 10.4 Å². The van der Waals surface area contributed by atoms with Crippen molar-refractivity contribution in [2.75, 3.05) is 0 Å². The quantitative estimate of drug-likeness (QED) is 0.354. The van der Waals surface area contributed by atoms with Gasteiger partial charge in [0.1, 0.15) is 0 Å². The van der Waals surface area contributed by atoms with Crippen LogP contribution < -0.4 is 5.59 Å². The van der Waals surface area contributed by atoms with E-state index in [9.17, 15) is 0 Å². The highest BCUT2D eigenvalue weighted by atomic mass is 16.9. The van der Waals surface area contributed by atoms with Crippen molar-refractivity contribution in [3.05, 3.63) is 5.21 Å². The van der Waals surface area contributed by atoms with E-state index in [1.807, 2.05) is 0 Å². The molecule has 3 N–H and O–H groups in total. The summed E-state index contributed by atoms with van der Waals surface area (Å²) in [5.41, 5.74) is 0.722. The lowest BCUT2D eigenvalue weighted by Gasteiger charge is -2.08. The zero-order valence-corrected chi connectivity index (χ0v) is 2.25. The lowest BCUT2D eigenvalue weighted by Crippen LogP contribution is -2.25. The maximum atomic E-state index is 8.81. The third-order valence-corrected chi connectivity index (χ3v) is 0.0816. The van der Waals surface area contributed by atoms with Crippen molar-refractivity contribution in [3.8, 4) is 0 Å². The van der Waals surface area contributed by atoms with Crippen molar-refractivity contribution in [1.82, 2.24) is 10.9 Å². The van der Waals surface area contributed by atoms with Gasteiger partial charge in [0.2, 0.25) is 0 Å². The number of hydrogen-bond acceptors (Lipinski definition) is 5. The van der Waals surface area contributed by atoms with E-state index in [0.29, 0.717) is 0 Å². The van der Waals surface area contributed by atoms with Crippen LogP contribution in [0.4, 0.5) is 0 Å². The molecule has 0 unspecified atom stereocenters. The van der Waals surface area contributed by atoms with Crippen LogP contribution in [0.2, 0.25) is 0 Å². The van der Waals surface area contributed by atoms with Crippen LogP contribution in [0, 0.1) is 5.21 Å². The molecular weight excluding hydrogens is 76.0 g/mol. The van der Waals surface area contributed by atoms with E-state index in [0.717, 1.165) is 5.59 Å². The van der Waals surface area contributed by atoms with E-state index in [2.05, 4.69) is 0 Å². The SMILES string of the molecule is [O-]NN(O)O. The van der Waals surface area contributed by atoms with E-state index >= 15 is 0 Å². The predicted molar refractivity (Wildman–Crippen MR) is 11.9 cm³/mol. The second-order valence-corrected chi connectivity index (χ2v) is 0.381. The van der Waals surface area contributed by atoms with E-state index in [-0.39, 0.29) is 0 Å². The van der Waals surface area contributed by atoms with E-state index in [4.69, 9.17) is 15.6 Å². The van der Waals surface area contributed by atoms with Gasteiger partial charge in [-0.1, -0.05) is 0 Å². The molecule has 32 valence electrons. The number of nitrogens with zero attached hydrogens (tertiary/aromatic N) is 1. The highest BCUT2D eigenvalue weighted by Gasteiger charge is 1.67. The van der Waals surface area contributed by atoms with Gasteiger partial charge in [-0.2, -0.15) is 0 Å². The molecule has 0 aliphatic carbocycles. The fourth-order valence-corrected chi connectivity index (χ4v) is 0. The molecule has 0 bridgehead atoms. The van der Waals surface area contributed by atoms with Gasteiger partial charge in [-0.3, -0.25) is 16.0 Å². The normalized spacial score (nSPS) is 9.60. The molecule has 0 atom stereocenters. The first-order chi connectivity index (χ1) is 2.27. The average Bonchev–Trinajstić information content (AvgIpc) is 1.38. The summed E-state index contributed by atoms with van der Waals surface area (Å²) >= 11 is 0. The molecule has 0 amide bonds. The molecule has 5 heteroatoms. The Morgan fingerprint density at radius 3 is 1.80 bits per heavy atom. The van der Waals surface area contributed by atoms with Crippen LogP contribution >= 0.6 is 0 Å². The Kier molecular flexibility index (Phi) is 1.98. The zero-order chi connectivity index (χ0) is 4.28. The van der Waals surface area contributed by atoms with E-state index < -0.39 is 5.34 Å². The highest BCUT2D eigenvalue weighted by Crippen LogP contribution is 1.48. The summed E-state index contributed by atoms with van der Waals surface area (Å²) in [6.07, 6.45) is 0. The van der Waals surface area contributed by atoms with Crippen LogP contribution in [-0.4, -0.2) is 15.8 Å². The molecule has 5 heavy (non-hydrogen) atoms. The molecule has 0 rings (SSSR count). The van der Waals surface area contributed by atoms with Gasteiger partial charge in [-0.15, -0.1) is 0 Å². The van der Waals surface area contributed by atoms with Crippen molar-refractivity contribution in [2.24, 2.45) is 0 Å². The van der Waals surface area contributed by atoms with Crippen molar-refractivity contribution in [2.45, 2.75) is 0 Å². The minimum absolute atomic E-state index is 0.681. The largest absolute Gasteiger partial charge is 0.771 e. The first kappa shape index (κ1) is 4.80. The van der Waals surface area contributed by atoms with E-state index in [1.54, 1.807) is 0 Å². The number of nitrogens with one attached hydrogen (secondary N) is 1. The molecule has 0 saturated carbocycles. The Labute approximate surface area is 27.9 Å². The molecule has 0 aromatic heterocycles. The average molecular weight is 79.0 g/mol. The summed E-state index contributed by atoms with van der Waals surface area (Å²) in [4.78, 5) is 0. The van der Waals surface area contributed by atoms with Crippen molar-refractivity contribution >= 4 is 0 Å². The first-order valence-corrected chi connectivity index (χ1v) is 0.828. The second-order valence-electron chi connectivity index (χ2n) is 0.381.